The molecule has 1 fully saturated rings. The molecule has 1 rings (SSSR count). The van der Waals surface area contributed by atoms with Gasteiger partial charge in [-0.15, -0.1) is 0 Å². The second-order valence-corrected chi connectivity index (χ2v) is 3.68. The SMILES string of the molecule is CCC(C(N)=O)N1CCNC(C)C1. The van der Waals surface area contributed by atoms with Gasteiger partial charge in [-0.1, -0.05) is 6.92 Å². The Morgan fingerprint density at radius 2 is 2.46 bits per heavy atom. The molecule has 1 saturated heterocycles. The second kappa shape index (κ2) is 4.58. The van der Waals surface area contributed by atoms with Gasteiger partial charge in [0.15, 0.2) is 0 Å². The molecular weight excluding hydrogens is 166 g/mol. The Morgan fingerprint density at radius 1 is 1.77 bits per heavy atom. The molecule has 13 heavy (non-hydrogen) atoms. The van der Waals surface area contributed by atoms with Crippen molar-refractivity contribution in [2.45, 2.75) is 32.4 Å². The van der Waals surface area contributed by atoms with Crippen LogP contribution in [0.15, 0.2) is 0 Å². The summed E-state index contributed by atoms with van der Waals surface area (Å²) in [5.74, 6) is -0.198. The number of nitrogens with one attached hydrogen (secondary N) is 1. The highest BCUT2D eigenvalue weighted by Gasteiger charge is 2.25. The molecule has 0 radical (unpaired) electrons. The first-order valence-electron chi connectivity index (χ1n) is 4.92. The third-order valence-electron chi connectivity index (χ3n) is 2.56. The van der Waals surface area contributed by atoms with Crippen molar-refractivity contribution < 1.29 is 4.79 Å². The summed E-state index contributed by atoms with van der Waals surface area (Å²) in [5.41, 5.74) is 5.32. The summed E-state index contributed by atoms with van der Waals surface area (Å²) >= 11 is 0. The van der Waals surface area contributed by atoms with E-state index in [-0.39, 0.29) is 11.9 Å². The van der Waals surface area contributed by atoms with E-state index in [9.17, 15) is 4.79 Å². The summed E-state index contributed by atoms with van der Waals surface area (Å²) in [7, 11) is 0. The molecule has 1 amide bonds. The van der Waals surface area contributed by atoms with Crippen molar-refractivity contribution in [3.63, 3.8) is 0 Å². The molecule has 4 nitrogen and oxygen atoms in total. The van der Waals surface area contributed by atoms with Crippen LogP contribution in [0.3, 0.4) is 0 Å². The van der Waals surface area contributed by atoms with E-state index in [1.807, 2.05) is 6.92 Å². The molecule has 1 aliphatic heterocycles. The van der Waals surface area contributed by atoms with Gasteiger partial charge in [0.2, 0.25) is 5.91 Å². The first-order valence-corrected chi connectivity index (χ1v) is 4.92. The number of primary amides is 1. The van der Waals surface area contributed by atoms with E-state index in [0.717, 1.165) is 26.1 Å². The molecule has 3 N–H and O–H groups in total. The van der Waals surface area contributed by atoms with E-state index >= 15 is 0 Å². The topological polar surface area (TPSA) is 58.4 Å². The van der Waals surface area contributed by atoms with Crippen LogP contribution in [0.2, 0.25) is 0 Å². The molecule has 0 aliphatic carbocycles. The molecule has 1 aliphatic rings. The van der Waals surface area contributed by atoms with Gasteiger partial charge in [0.1, 0.15) is 0 Å². The maximum atomic E-state index is 11.1. The van der Waals surface area contributed by atoms with Gasteiger partial charge >= 0.3 is 0 Å². The van der Waals surface area contributed by atoms with Gasteiger partial charge < -0.3 is 11.1 Å². The van der Waals surface area contributed by atoms with Crippen LogP contribution in [-0.4, -0.2) is 42.5 Å². The zero-order valence-corrected chi connectivity index (χ0v) is 8.42. The predicted molar refractivity (Wildman–Crippen MR) is 52.3 cm³/mol. The van der Waals surface area contributed by atoms with Crippen LogP contribution in [0, 0.1) is 0 Å². The number of nitrogens with zero attached hydrogens (tertiary/aromatic N) is 1. The molecule has 0 aromatic heterocycles. The van der Waals surface area contributed by atoms with Crippen molar-refractivity contribution >= 4 is 5.91 Å². The maximum Gasteiger partial charge on any atom is 0.234 e. The predicted octanol–water partition coefficient (Wildman–Crippen LogP) is -0.456. The van der Waals surface area contributed by atoms with Crippen LogP contribution >= 0.6 is 0 Å². The fraction of sp³-hybridized carbons (Fsp3) is 0.889. The highest BCUT2D eigenvalue weighted by molar-refractivity contribution is 5.79. The minimum atomic E-state index is -0.198. The minimum Gasteiger partial charge on any atom is -0.368 e. The first kappa shape index (κ1) is 10.5. The molecule has 0 saturated carbocycles. The lowest BCUT2D eigenvalue weighted by Crippen LogP contribution is -2.55. The Morgan fingerprint density at radius 3 is 2.92 bits per heavy atom. The Kier molecular flexibility index (Phi) is 3.69. The average Bonchev–Trinajstić information content (AvgIpc) is 2.04. The smallest absolute Gasteiger partial charge is 0.234 e. The summed E-state index contributed by atoms with van der Waals surface area (Å²) in [4.78, 5) is 13.3. The minimum absolute atomic E-state index is 0.0791. The van der Waals surface area contributed by atoms with Crippen LogP contribution in [-0.2, 0) is 4.79 Å². The van der Waals surface area contributed by atoms with Gasteiger partial charge in [-0.05, 0) is 13.3 Å². The molecule has 2 unspecified atom stereocenters. The van der Waals surface area contributed by atoms with Crippen LogP contribution < -0.4 is 11.1 Å². The van der Waals surface area contributed by atoms with Crippen LogP contribution in [0.4, 0.5) is 0 Å². The van der Waals surface area contributed by atoms with Gasteiger partial charge in [-0.3, -0.25) is 9.69 Å². The van der Waals surface area contributed by atoms with Crippen molar-refractivity contribution in [3.05, 3.63) is 0 Å². The zero-order valence-electron chi connectivity index (χ0n) is 8.42. The first-order chi connectivity index (χ1) is 6.15. The lowest BCUT2D eigenvalue weighted by molar-refractivity contribution is -0.123. The highest BCUT2D eigenvalue weighted by atomic mass is 16.1. The van der Waals surface area contributed by atoms with E-state index in [1.54, 1.807) is 0 Å². The van der Waals surface area contributed by atoms with Crippen molar-refractivity contribution in [2.24, 2.45) is 5.73 Å². The van der Waals surface area contributed by atoms with Gasteiger partial charge in [-0.25, -0.2) is 0 Å². The number of hydrogen-bond donors (Lipinski definition) is 2. The van der Waals surface area contributed by atoms with Crippen molar-refractivity contribution in [3.8, 4) is 0 Å². The van der Waals surface area contributed by atoms with E-state index in [2.05, 4.69) is 17.1 Å². The maximum absolute atomic E-state index is 11.1. The zero-order chi connectivity index (χ0) is 9.84. The van der Waals surface area contributed by atoms with Crippen molar-refractivity contribution in [1.82, 2.24) is 10.2 Å². The number of amides is 1. The number of rotatable bonds is 3. The molecule has 2 atom stereocenters. The lowest BCUT2D eigenvalue weighted by atomic mass is 10.1. The van der Waals surface area contributed by atoms with E-state index in [0.29, 0.717) is 6.04 Å². The molecule has 1 heterocycles. The Bertz CT molecular complexity index is 184. The number of piperazine rings is 1. The summed E-state index contributed by atoms with van der Waals surface area (Å²) in [5, 5.41) is 3.34. The molecule has 76 valence electrons. The third-order valence-corrected chi connectivity index (χ3v) is 2.56. The molecule has 0 spiro atoms. The summed E-state index contributed by atoms with van der Waals surface area (Å²) in [6.07, 6.45) is 0.808. The Labute approximate surface area is 79.5 Å². The molecule has 0 bridgehead atoms. The van der Waals surface area contributed by atoms with Crippen molar-refractivity contribution in [1.29, 1.82) is 0 Å². The quantitative estimate of drug-likeness (QED) is 0.626. The number of carbonyl (C=O) groups excluding carboxylic acids is 1. The number of hydrogen-bond acceptors (Lipinski definition) is 3. The van der Waals surface area contributed by atoms with Gasteiger partial charge in [0.05, 0.1) is 6.04 Å². The Hall–Kier alpha value is -0.610. The van der Waals surface area contributed by atoms with Gasteiger partial charge in [0.25, 0.3) is 0 Å². The average molecular weight is 185 g/mol. The molecular formula is C9H19N3O. The lowest BCUT2D eigenvalue weighted by Gasteiger charge is -2.35. The number of carbonyl (C=O) groups is 1. The fourth-order valence-corrected chi connectivity index (χ4v) is 1.88. The highest BCUT2D eigenvalue weighted by Crippen LogP contribution is 2.07. The molecule has 4 heteroatoms. The Balaban J connectivity index is 2.52. The largest absolute Gasteiger partial charge is 0.368 e. The van der Waals surface area contributed by atoms with Crippen LogP contribution in [0.5, 0.6) is 0 Å². The summed E-state index contributed by atoms with van der Waals surface area (Å²) in [6.45, 7) is 6.92. The third kappa shape index (κ3) is 2.67. The van der Waals surface area contributed by atoms with Gasteiger partial charge in [-0.2, -0.15) is 0 Å². The van der Waals surface area contributed by atoms with E-state index < -0.39 is 0 Å². The van der Waals surface area contributed by atoms with E-state index in [4.69, 9.17) is 5.73 Å². The van der Waals surface area contributed by atoms with Crippen LogP contribution in [0.25, 0.3) is 0 Å². The summed E-state index contributed by atoms with van der Waals surface area (Å²) < 4.78 is 0. The van der Waals surface area contributed by atoms with Crippen LogP contribution in [0.1, 0.15) is 20.3 Å². The van der Waals surface area contributed by atoms with E-state index in [1.165, 1.54) is 0 Å². The standard InChI is InChI=1S/C9H19N3O/c1-3-8(9(10)13)12-5-4-11-7(2)6-12/h7-8,11H,3-6H2,1-2H3,(H2,10,13). The second-order valence-electron chi connectivity index (χ2n) is 3.68. The fourth-order valence-electron chi connectivity index (χ4n) is 1.88. The van der Waals surface area contributed by atoms with Crippen molar-refractivity contribution in [2.75, 3.05) is 19.6 Å². The molecule has 0 aromatic rings. The normalized spacial score (nSPS) is 27.1. The summed E-state index contributed by atoms with van der Waals surface area (Å²) in [6, 6.07) is 0.381. The number of nitrogens with two attached hydrogens (primary N) is 1. The molecule has 0 aromatic carbocycles. The monoisotopic (exact) mass is 185 g/mol. The van der Waals surface area contributed by atoms with Gasteiger partial charge in [0, 0.05) is 25.7 Å².